The van der Waals surface area contributed by atoms with Gasteiger partial charge in [0.05, 0.1) is 23.9 Å². The lowest BCUT2D eigenvalue weighted by molar-refractivity contribution is -0.0991. The number of thiazole rings is 1. The average Bonchev–Trinajstić information content (AvgIpc) is 2.64. The second-order valence-corrected chi connectivity index (χ2v) is 6.13. The van der Waals surface area contributed by atoms with E-state index in [-0.39, 0.29) is 0 Å². The van der Waals surface area contributed by atoms with Gasteiger partial charge in [-0.25, -0.2) is 4.98 Å². The fourth-order valence-electron chi connectivity index (χ4n) is 1.71. The molecule has 1 aromatic heterocycles. The summed E-state index contributed by atoms with van der Waals surface area (Å²) in [6.45, 7) is 10.3. The maximum atomic E-state index is 5.22. The van der Waals surface area contributed by atoms with E-state index in [1.165, 1.54) is 5.01 Å². The molecule has 1 fully saturated rings. The predicted octanol–water partition coefficient (Wildman–Crippen LogP) is 2.39. The lowest BCUT2D eigenvalue weighted by Gasteiger charge is -2.38. The zero-order valence-electron chi connectivity index (χ0n) is 10.2. The third-order valence-electron chi connectivity index (χ3n) is 2.82. The van der Waals surface area contributed by atoms with E-state index < -0.39 is 0 Å². The van der Waals surface area contributed by atoms with E-state index in [9.17, 15) is 0 Å². The topological polar surface area (TPSA) is 34.2 Å². The van der Waals surface area contributed by atoms with Crippen LogP contribution in [0.15, 0.2) is 5.38 Å². The standard InChI is InChI=1S/C12H20N2OS/c1-9(2)11-14-10(5-16-11)4-13-6-12(3)7-15-8-12/h5,9,13H,4,6-8H2,1-3H3. The molecule has 1 aliphatic rings. The molecule has 1 aromatic rings. The first-order valence-electron chi connectivity index (χ1n) is 5.82. The van der Waals surface area contributed by atoms with Crippen molar-refractivity contribution < 1.29 is 4.74 Å². The Kier molecular flexibility index (Phi) is 3.62. The number of nitrogens with one attached hydrogen (secondary N) is 1. The first kappa shape index (κ1) is 12.0. The van der Waals surface area contributed by atoms with E-state index in [4.69, 9.17) is 4.74 Å². The number of ether oxygens (including phenoxy) is 1. The molecule has 0 amide bonds. The fraction of sp³-hybridized carbons (Fsp3) is 0.750. The van der Waals surface area contributed by atoms with Gasteiger partial charge in [0, 0.05) is 29.8 Å². The lowest BCUT2D eigenvalue weighted by atomic mass is 9.89. The predicted molar refractivity (Wildman–Crippen MR) is 66.8 cm³/mol. The van der Waals surface area contributed by atoms with Crippen LogP contribution in [0.1, 0.15) is 37.4 Å². The Bertz CT molecular complexity index is 345. The second kappa shape index (κ2) is 4.82. The van der Waals surface area contributed by atoms with Crippen LogP contribution in [0.5, 0.6) is 0 Å². The number of nitrogens with zero attached hydrogens (tertiary/aromatic N) is 1. The highest BCUT2D eigenvalue weighted by Crippen LogP contribution is 2.25. The Labute approximate surface area is 101 Å². The first-order chi connectivity index (χ1) is 7.59. The zero-order chi connectivity index (χ0) is 11.6. The van der Waals surface area contributed by atoms with E-state index in [1.807, 2.05) is 0 Å². The Morgan fingerprint density at radius 3 is 2.81 bits per heavy atom. The van der Waals surface area contributed by atoms with Gasteiger partial charge in [-0.1, -0.05) is 20.8 Å². The Morgan fingerprint density at radius 1 is 1.56 bits per heavy atom. The van der Waals surface area contributed by atoms with Crippen molar-refractivity contribution >= 4 is 11.3 Å². The fourth-order valence-corrected chi connectivity index (χ4v) is 2.55. The third kappa shape index (κ3) is 2.81. The first-order valence-corrected chi connectivity index (χ1v) is 6.70. The maximum Gasteiger partial charge on any atom is 0.0954 e. The number of aromatic nitrogens is 1. The largest absolute Gasteiger partial charge is 0.380 e. The number of rotatable bonds is 5. The minimum absolute atomic E-state index is 0.344. The third-order valence-corrected chi connectivity index (χ3v) is 4.02. The number of hydrogen-bond acceptors (Lipinski definition) is 4. The molecule has 4 heteroatoms. The molecule has 0 saturated carbocycles. The van der Waals surface area contributed by atoms with Gasteiger partial charge in [0.15, 0.2) is 0 Å². The smallest absolute Gasteiger partial charge is 0.0954 e. The molecule has 0 atom stereocenters. The van der Waals surface area contributed by atoms with Crippen molar-refractivity contribution in [3.63, 3.8) is 0 Å². The van der Waals surface area contributed by atoms with Gasteiger partial charge in [-0.2, -0.15) is 0 Å². The Hall–Kier alpha value is -0.450. The summed E-state index contributed by atoms with van der Waals surface area (Å²) in [4.78, 5) is 4.60. The zero-order valence-corrected chi connectivity index (χ0v) is 11.1. The molecular weight excluding hydrogens is 220 g/mol. The summed E-state index contributed by atoms with van der Waals surface area (Å²) in [6, 6.07) is 0. The molecule has 1 saturated heterocycles. The highest BCUT2D eigenvalue weighted by atomic mass is 32.1. The summed E-state index contributed by atoms with van der Waals surface area (Å²) in [5.74, 6) is 0.538. The van der Waals surface area contributed by atoms with Crippen molar-refractivity contribution in [1.29, 1.82) is 0 Å². The molecule has 0 aromatic carbocycles. The van der Waals surface area contributed by atoms with E-state index in [1.54, 1.807) is 11.3 Å². The lowest BCUT2D eigenvalue weighted by Crippen LogP contribution is -2.47. The van der Waals surface area contributed by atoms with Gasteiger partial charge in [0.1, 0.15) is 0 Å². The number of hydrogen-bond donors (Lipinski definition) is 1. The monoisotopic (exact) mass is 240 g/mol. The molecule has 0 bridgehead atoms. The molecule has 90 valence electrons. The molecule has 3 nitrogen and oxygen atoms in total. The van der Waals surface area contributed by atoms with Crippen molar-refractivity contribution in [3.05, 3.63) is 16.1 Å². The molecule has 0 unspecified atom stereocenters. The summed E-state index contributed by atoms with van der Waals surface area (Å²) < 4.78 is 5.22. The minimum Gasteiger partial charge on any atom is -0.380 e. The molecule has 16 heavy (non-hydrogen) atoms. The van der Waals surface area contributed by atoms with Crippen LogP contribution in [0.4, 0.5) is 0 Å². The summed E-state index contributed by atoms with van der Waals surface area (Å²) in [5, 5.41) is 6.85. The second-order valence-electron chi connectivity index (χ2n) is 5.24. The van der Waals surface area contributed by atoms with Gasteiger partial charge in [0.25, 0.3) is 0 Å². The summed E-state index contributed by atoms with van der Waals surface area (Å²) in [5.41, 5.74) is 1.51. The quantitative estimate of drug-likeness (QED) is 0.858. The van der Waals surface area contributed by atoms with Crippen molar-refractivity contribution in [3.8, 4) is 0 Å². The van der Waals surface area contributed by atoms with Gasteiger partial charge in [0.2, 0.25) is 0 Å². The van der Waals surface area contributed by atoms with Gasteiger partial charge in [-0.05, 0) is 0 Å². The van der Waals surface area contributed by atoms with Crippen molar-refractivity contribution in [2.45, 2.75) is 33.2 Å². The molecule has 0 spiro atoms. The molecule has 0 aliphatic carbocycles. The molecule has 2 heterocycles. The SMILES string of the molecule is CC(C)c1nc(CNCC2(C)COC2)cs1. The van der Waals surface area contributed by atoms with Crippen molar-refractivity contribution in [2.75, 3.05) is 19.8 Å². The molecule has 0 radical (unpaired) electrons. The average molecular weight is 240 g/mol. The van der Waals surface area contributed by atoms with E-state index >= 15 is 0 Å². The Morgan fingerprint density at radius 2 is 2.31 bits per heavy atom. The minimum atomic E-state index is 0.344. The normalized spacial score (nSPS) is 18.8. The van der Waals surface area contributed by atoms with Crippen LogP contribution >= 0.6 is 11.3 Å². The van der Waals surface area contributed by atoms with Crippen LogP contribution in [-0.4, -0.2) is 24.7 Å². The van der Waals surface area contributed by atoms with Crippen LogP contribution in [0.25, 0.3) is 0 Å². The highest BCUT2D eigenvalue weighted by Gasteiger charge is 2.32. The Balaban J connectivity index is 1.76. The van der Waals surface area contributed by atoms with Crippen molar-refractivity contribution in [1.82, 2.24) is 10.3 Å². The van der Waals surface area contributed by atoms with Crippen molar-refractivity contribution in [2.24, 2.45) is 5.41 Å². The van der Waals surface area contributed by atoms with Crippen LogP contribution in [0, 0.1) is 5.41 Å². The van der Waals surface area contributed by atoms with Crippen LogP contribution in [-0.2, 0) is 11.3 Å². The van der Waals surface area contributed by atoms with Crippen LogP contribution in [0.3, 0.4) is 0 Å². The molecule has 1 N–H and O–H groups in total. The summed E-state index contributed by atoms with van der Waals surface area (Å²) in [6.07, 6.45) is 0. The summed E-state index contributed by atoms with van der Waals surface area (Å²) in [7, 11) is 0. The van der Waals surface area contributed by atoms with Crippen LogP contribution < -0.4 is 5.32 Å². The van der Waals surface area contributed by atoms with E-state index in [0.29, 0.717) is 11.3 Å². The molecular formula is C12H20N2OS. The summed E-state index contributed by atoms with van der Waals surface area (Å²) >= 11 is 1.76. The molecule has 2 rings (SSSR count). The van der Waals surface area contributed by atoms with E-state index in [0.717, 1.165) is 32.0 Å². The van der Waals surface area contributed by atoms with E-state index in [2.05, 4.69) is 36.5 Å². The highest BCUT2D eigenvalue weighted by molar-refractivity contribution is 7.09. The van der Waals surface area contributed by atoms with Gasteiger partial charge in [-0.15, -0.1) is 11.3 Å². The maximum absolute atomic E-state index is 5.22. The molecule has 1 aliphatic heterocycles. The van der Waals surface area contributed by atoms with Gasteiger partial charge >= 0.3 is 0 Å². The van der Waals surface area contributed by atoms with Gasteiger partial charge < -0.3 is 10.1 Å². The van der Waals surface area contributed by atoms with Gasteiger partial charge in [-0.3, -0.25) is 0 Å². The van der Waals surface area contributed by atoms with Crippen LogP contribution in [0.2, 0.25) is 0 Å².